The molecule has 37 heavy (non-hydrogen) atoms. The van der Waals surface area contributed by atoms with Crippen LogP contribution in [-0.2, 0) is 31.2 Å². The van der Waals surface area contributed by atoms with Crippen molar-refractivity contribution >= 4 is 26.3 Å². The smallest absolute Gasteiger partial charge is 0.224 e. The van der Waals surface area contributed by atoms with Gasteiger partial charge in [-0.25, -0.2) is 4.39 Å². The number of anilines is 1. The van der Waals surface area contributed by atoms with Crippen molar-refractivity contribution in [2.24, 2.45) is 5.41 Å². The second-order valence-electron chi connectivity index (χ2n) is 9.44. The average molecular weight is 527 g/mol. The maximum absolute atomic E-state index is 13.2. The van der Waals surface area contributed by atoms with Crippen LogP contribution in [0.2, 0.25) is 0 Å². The van der Waals surface area contributed by atoms with Crippen LogP contribution in [0.15, 0.2) is 59.3 Å². The van der Waals surface area contributed by atoms with E-state index >= 15 is 0 Å². The summed E-state index contributed by atoms with van der Waals surface area (Å²) in [6.45, 7) is 3.25. The SMILES string of the molecule is CCCCC1(CC=O)COP(Cc2ccc(NC(=O)CCc3cnoc3-c3ccc(F)cc3)cc2)OC1. The predicted molar refractivity (Wildman–Crippen MR) is 140 cm³/mol. The van der Waals surface area contributed by atoms with Gasteiger partial charge in [0.1, 0.15) is 12.1 Å². The summed E-state index contributed by atoms with van der Waals surface area (Å²) in [5.41, 5.74) is 3.08. The van der Waals surface area contributed by atoms with Gasteiger partial charge in [-0.15, -0.1) is 0 Å². The summed E-state index contributed by atoms with van der Waals surface area (Å²) < 4.78 is 30.6. The second kappa shape index (κ2) is 13.0. The van der Waals surface area contributed by atoms with Gasteiger partial charge in [0.15, 0.2) is 14.1 Å². The first-order valence-corrected chi connectivity index (χ1v) is 13.9. The van der Waals surface area contributed by atoms with E-state index in [2.05, 4.69) is 17.4 Å². The number of aromatic nitrogens is 1. The van der Waals surface area contributed by atoms with E-state index in [1.54, 1.807) is 18.3 Å². The number of carbonyl (C=O) groups is 2. The minimum atomic E-state index is -1.05. The number of aldehydes is 1. The lowest BCUT2D eigenvalue weighted by Crippen LogP contribution is -2.35. The highest BCUT2D eigenvalue weighted by Gasteiger charge is 2.36. The minimum absolute atomic E-state index is 0.124. The Morgan fingerprint density at radius 1 is 1.14 bits per heavy atom. The Balaban J connectivity index is 1.24. The number of nitrogens with one attached hydrogen (secondary N) is 1. The van der Waals surface area contributed by atoms with E-state index in [-0.39, 0.29) is 23.6 Å². The molecule has 2 heterocycles. The Kier molecular flexibility index (Phi) is 9.56. The third kappa shape index (κ3) is 7.54. The van der Waals surface area contributed by atoms with Gasteiger partial charge in [-0.05, 0) is 54.8 Å². The number of carbonyl (C=O) groups excluding carboxylic acids is 2. The maximum atomic E-state index is 13.2. The highest BCUT2D eigenvalue weighted by atomic mass is 31.2. The largest absolute Gasteiger partial charge is 0.356 e. The number of halogens is 1. The highest BCUT2D eigenvalue weighted by Crippen LogP contribution is 2.50. The van der Waals surface area contributed by atoms with E-state index in [0.29, 0.717) is 49.2 Å². The Hall–Kier alpha value is -2.93. The monoisotopic (exact) mass is 526 g/mol. The maximum Gasteiger partial charge on any atom is 0.224 e. The minimum Gasteiger partial charge on any atom is -0.356 e. The molecule has 2 aromatic carbocycles. The molecule has 1 saturated heterocycles. The van der Waals surface area contributed by atoms with E-state index in [9.17, 15) is 14.0 Å². The molecule has 0 spiro atoms. The lowest BCUT2D eigenvalue weighted by molar-refractivity contribution is -0.116. The van der Waals surface area contributed by atoms with Gasteiger partial charge in [0.2, 0.25) is 5.91 Å². The summed E-state index contributed by atoms with van der Waals surface area (Å²) in [7, 11) is -1.05. The third-order valence-corrected chi connectivity index (χ3v) is 7.99. The van der Waals surface area contributed by atoms with Crippen LogP contribution in [0.5, 0.6) is 0 Å². The fourth-order valence-corrected chi connectivity index (χ4v) is 5.87. The van der Waals surface area contributed by atoms with Gasteiger partial charge >= 0.3 is 0 Å². The van der Waals surface area contributed by atoms with Crippen LogP contribution in [0.4, 0.5) is 10.1 Å². The Bertz CT molecular complexity index is 1160. The Morgan fingerprint density at radius 3 is 2.54 bits per heavy atom. The van der Waals surface area contributed by atoms with Crippen LogP contribution in [0, 0.1) is 11.2 Å². The Labute approximate surface area is 217 Å². The molecule has 0 atom stereocenters. The van der Waals surface area contributed by atoms with Crippen LogP contribution in [-0.4, -0.2) is 30.6 Å². The molecule has 196 valence electrons. The molecule has 0 bridgehead atoms. The number of aryl methyl sites for hydroxylation is 1. The number of nitrogens with zero attached hydrogens (tertiary/aromatic N) is 1. The van der Waals surface area contributed by atoms with Crippen molar-refractivity contribution < 1.29 is 27.6 Å². The van der Waals surface area contributed by atoms with E-state index in [4.69, 9.17) is 13.6 Å². The molecule has 0 radical (unpaired) electrons. The van der Waals surface area contributed by atoms with Crippen molar-refractivity contribution in [3.05, 3.63) is 71.7 Å². The fraction of sp³-hybridized carbons (Fsp3) is 0.393. The number of rotatable bonds is 12. The molecule has 7 nitrogen and oxygen atoms in total. The van der Waals surface area contributed by atoms with E-state index < -0.39 is 8.38 Å². The molecule has 1 aliphatic rings. The molecule has 0 saturated carbocycles. The predicted octanol–water partition coefficient (Wildman–Crippen LogP) is 6.68. The first-order valence-electron chi connectivity index (χ1n) is 12.6. The highest BCUT2D eigenvalue weighted by molar-refractivity contribution is 7.46. The summed E-state index contributed by atoms with van der Waals surface area (Å²) in [6.07, 6.45) is 7.46. The van der Waals surface area contributed by atoms with Gasteiger partial charge in [-0.2, -0.15) is 0 Å². The fourth-order valence-electron chi connectivity index (χ4n) is 4.27. The summed E-state index contributed by atoms with van der Waals surface area (Å²) in [4.78, 5) is 23.7. The van der Waals surface area contributed by atoms with Crippen LogP contribution < -0.4 is 5.32 Å². The lowest BCUT2D eigenvalue weighted by atomic mass is 9.82. The quantitative estimate of drug-likeness (QED) is 0.209. The van der Waals surface area contributed by atoms with Gasteiger partial charge in [0.05, 0.1) is 19.4 Å². The molecule has 9 heteroatoms. The lowest BCUT2D eigenvalue weighted by Gasteiger charge is -2.38. The summed E-state index contributed by atoms with van der Waals surface area (Å²) >= 11 is 0. The number of benzene rings is 2. The number of unbranched alkanes of at least 4 members (excludes halogenated alkanes) is 1. The zero-order valence-electron chi connectivity index (χ0n) is 21.0. The zero-order valence-corrected chi connectivity index (χ0v) is 21.8. The van der Waals surface area contributed by atoms with Gasteiger partial charge < -0.3 is 23.7 Å². The first kappa shape index (κ1) is 27.1. The van der Waals surface area contributed by atoms with E-state index in [1.807, 2.05) is 24.3 Å². The standard InChI is InChI=1S/C28H32FN2O5P/c1-2-3-14-28(15-16-32)19-34-37(35-20-28)18-21-4-11-25(12-5-21)31-26(33)13-8-23-17-30-36-27(23)22-6-9-24(29)10-7-22/h4-7,9-12,16-17H,2-3,8,13-15,18-20H2,1H3,(H,31,33). The molecule has 1 aliphatic heterocycles. The number of hydrogen-bond donors (Lipinski definition) is 1. The topological polar surface area (TPSA) is 90.7 Å². The van der Waals surface area contributed by atoms with E-state index in [0.717, 1.165) is 36.7 Å². The van der Waals surface area contributed by atoms with Crippen molar-refractivity contribution in [2.45, 2.75) is 51.6 Å². The summed E-state index contributed by atoms with van der Waals surface area (Å²) in [5, 5.41) is 6.75. The zero-order chi connectivity index (χ0) is 26.1. The van der Waals surface area contributed by atoms with Crippen LogP contribution in [0.25, 0.3) is 11.3 Å². The van der Waals surface area contributed by atoms with Crippen molar-refractivity contribution in [3.63, 3.8) is 0 Å². The van der Waals surface area contributed by atoms with Crippen molar-refractivity contribution in [1.29, 1.82) is 0 Å². The molecule has 1 fully saturated rings. The molecule has 1 N–H and O–H groups in total. The van der Waals surface area contributed by atoms with Crippen LogP contribution in [0.3, 0.4) is 0 Å². The van der Waals surface area contributed by atoms with Gasteiger partial charge in [0.25, 0.3) is 0 Å². The first-order chi connectivity index (χ1) is 18.0. The Morgan fingerprint density at radius 2 is 1.86 bits per heavy atom. The van der Waals surface area contributed by atoms with Crippen LogP contribution in [0.1, 0.15) is 50.2 Å². The van der Waals surface area contributed by atoms with Gasteiger partial charge in [-0.1, -0.05) is 37.1 Å². The van der Waals surface area contributed by atoms with Crippen molar-refractivity contribution in [3.8, 4) is 11.3 Å². The van der Waals surface area contributed by atoms with Gasteiger partial charge in [-0.3, -0.25) is 4.79 Å². The molecule has 4 rings (SSSR count). The average Bonchev–Trinajstić information content (AvgIpc) is 3.38. The number of amides is 1. The van der Waals surface area contributed by atoms with Gasteiger partial charge in [0, 0.05) is 41.2 Å². The molecule has 1 amide bonds. The molecule has 0 unspecified atom stereocenters. The summed E-state index contributed by atoms with van der Waals surface area (Å²) in [5.74, 6) is 0.0927. The molecule has 0 aliphatic carbocycles. The molecule has 1 aromatic heterocycles. The molecular weight excluding hydrogens is 494 g/mol. The van der Waals surface area contributed by atoms with Crippen LogP contribution >= 0.6 is 8.38 Å². The number of hydrogen-bond acceptors (Lipinski definition) is 6. The normalized spacial score (nSPS) is 19.5. The van der Waals surface area contributed by atoms with Crippen molar-refractivity contribution in [1.82, 2.24) is 5.16 Å². The molecule has 3 aromatic rings. The van der Waals surface area contributed by atoms with Crippen molar-refractivity contribution in [2.75, 3.05) is 18.5 Å². The third-order valence-electron chi connectivity index (χ3n) is 6.53. The summed E-state index contributed by atoms with van der Waals surface area (Å²) in [6, 6.07) is 13.6. The van der Waals surface area contributed by atoms with E-state index in [1.165, 1.54) is 12.1 Å². The second-order valence-corrected chi connectivity index (χ2v) is 10.9. The molecular formula is C28H32FN2O5P.